The average Bonchev–Trinajstić information content (AvgIpc) is 3.09. The van der Waals surface area contributed by atoms with Crippen molar-refractivity contribution in [2.45, 2.75) is 26.9 Å². The van der Waals surface area contributed by atoms with Crippen LogP contribution in [0.1, 0.15) is 19.4 Å². The highest BCUT2D eigenvalue weighted by Gasteiger charge is 2.08. The van der Waals surface area contributed by atoms with Crippen LogP contribution >= 0.6 is 0 Å². The zero-order valence-electron chi connectivity index (χ0n) is 13.8. The van der Waals surface area contributed by atoms with Crippen molar-refractivity contribution in [3.05, 3.63) is 72.6 Å². The van der Waals surface area contributed by atoms with Gasteiger partial charge in [-0.2, -0.15) is 0 Å². The minimum Gasteiger partial charge on any atom is -0.367 e. The van der Waals surface area contributed by atoms with E-state index in [1.165, 1.54) is 11.3 Å². The van der Waals surface area contributed by atoms with Crippen molar-refractivity contribution in [1.29, 1.82) is 0 Å². The van der Waals surface area contributed by atoms with Gasteiger partial charge in [0.1, 0.15) is 5.82 Å². The fourth-order valence-electron chi connectivity index (χ4n) is 2.84. The topological polar surface area (TPSA) is 21.1 Å². The van der Waals surface area contributed by atoms with Crippen LogP contribution in [0.5, 0.6) is 0 Å². The van der Waals surface area contributed by atoms with Gasteiger partial charge in [-0.3, -0.25) is 0 Å². The molecule has 0 saturated carbocycles. The summed E-state index contributed by atoms with van der Waals surface area (Å²) in [6.07, 6.45) is 3.89. The van der Waals surface area contributed by atoms with Crippen LogP contribution in [-0.4, -0.2) is 16.1 Å². The van der Waals surface area contributed by atoms with Crippen LogP contribution in [0.4, 0.5) is 5.69 Å². The highest BCUT2D eigenvalue weighted by Crippen LogP contribution is 2.23. The van der Waals surface area contributed by atoms with Crippen LogP contribution in [0.3, 0.4) is 0 Å². The Balaban J connectivity index is 1.80. The third-order valence-electron chi connectivity index (χ3n) is 4.14. The normalized spacial score (nSPS) is 10.7. The molecule has 0 spiro atoms. The molecule has 1 heterocycles. The van der Waals surface area contributed by atoms with Crippen LogP contribution in [0.25, 0.3) is 11.4 Å². The molecule has 0 aliphatic carbocycles. The van der Waals surface area contributed by atoms with Gasteiger partial charge in [-0.15, -0.1) is 0 Å². The molecule has 23 heavy (non-hydrogen) atoms. The first-order valence-electron chi connectivity index (χ1n) is 8.22. The number of aryl methyl sites for hydroxylation is 1. The first-order valence-corrected chi connectivity index (χ1v) is 8.22. The minimum atomic E-state index is 0.931. The highest BCUT2D eigenvalue weighted by molar-refractivity contribution is 5.61. The van der Waals surface area contributed by atoms with E-state index in [1.807, 2.05) is 12.4 Å². The Labute approximate surface area is 138 Å². The van der Waals surface area contributed by atoms with Crippen molar-refractivity contribution in [2.24, 2.45) is 0 Å². The number of nitrogens with zero attached hydrogens (tertiary/aromatic N) is 3. The van der Waals surface area contributed by atoms with Gasteiger partial charge >= 0.3 is 0 Å². The van der Waals surface area contributed by atoms with E-state index in [0.29, 0.717) is 0 Å². The minimum absolute atomic E-state index is 0.931. The maximum atomic E-state index is 4.47. The van der Waals surface area contributed by atoms with Crippen LogP contribution in [0.2, 0.25) is 0 Å². The predicted octanol–water partition coefficient (Wildman–Crippen LogP) is 4.60. The molecule has 2 aromatic carbocycles. The molecule has 0 N–H and O–H groups in total. The molecular formula is C20H23N3. The van der Waals surface area contributed by atoms with E-state index in [1.54, 1.807) is 0 Å². The van der Waals surface area contributed by atoms with E-state index in [9.17, 15) is 0 Å². The summed E-state index contributed by atoms with van der Waals surface area (Å²) in [4.78, 5) is 6.85. The number of anilines is 1. The number of aromatic nitrogens is 2. The van der Waals surface area contributed by atoms with Gasteiger partial charge in [0.25, 0.3) is 0 Å². The first-order chi connectivity index (χ1) is 11.3. The Morgan fingerprint density at radius 3 is 2.35 bits per heavy atom. The second-order valence-electron chi connectivity index (χ2n) is 5.58. The molecule has 0 aliphatic heterocycles. The van der Waals surface area contributed by atoms with Crippen molar-refractivity contribution in [1.82, 2.24) is 9.55 Å². The molecule has 0 radical (unpaired) electrons. The Morgan fingerprint density at radius 1 is 0.957 bits per heavy atom. The fraction of sp³-hybridized carbons (Fsp3) is 0.250. The van der Waals surface area contributed by atoms with Crippen molar-refractivity contribution >= 4 is 5.69 Å². The standard InChI is InChI=1S/C20H23N3/c1-3-22-15-14-21-20(22)18-10-12-19(13-11-18)23(4-2)16-17-8-6-5-7-9-17/h5-15H,3-4,16H2,1-2H3. The number of hydrogen-bond donors (Lipinski definition) is 0. The van der Waals surface area contributed by atoms with Crippen molar-refractivity contribution in [2.75, 3.05) is 11.4 Å². The van der Waals surface area contributed by atoms with Gasteiger partial charge < -0.3 is 9.47 Å². The van der Waals surface area contributed by atoms with Gasteiger partial charge in [0, 0.05) is 43.3 Å². The molecule has 3 heteroatoms. The molecule has 0 bridgehead atoms. The molecule has 0 saturated heterocycles. The fourth-order valence-corrected chi connectivity index (χ4v) is 2.84. The van der Waals surface area contributed by atoms with Crippen LogP contribution < -0.4 is 4.90 Å². The number of hydrogen-bond acceptors (Lipinski definition) is 2. The third-order valence-corrected chi connectivity index (χ3v) is 4.14. The summed E-state index contributed by atoms with van der Waals surface area (Å²) in [6, 6.07) is 19.3. The lowest BCUT2D eigenvalue weighted by Gasteiger charge is -2.23. The van der Waals surface area contributed by atoms with E-state index in [4.69, 9.17) is 0 Å². The monoisotopic (exact) mass is 305 g/mol. The quantitative estimate of drug-likeness (QED) is 0.664. The van der Waals surface area contributed by atoms with Crippen molar-refractivity contribution in [3.8, 4) is 11.4 Å². The maximum Gasteiger partial charge on any atom is 0.139 e. The lowest BCUT2D eigenvalue weighted by Crippen LogP contribution is -2.21. The SMILES string of the molecule is CCN(Cc1ccccc1)c1ccc(-c2nccn2CC)cc1. The number of imidazole rings is 1. The first kappa shape index (κ1) is 15.3. The van der Waals surface area contributed by atoms with Crippen molar-refractivity contribution in [3.63, 3.8) is 0 Å². The molecule has 3 aromatic rings. The van der Waals surface area contributed by atoms with Crippen LogP contribution in [-0.2, 0) is 13.1 Å². The highest BCUT2D eigenvalue weighted by atomic mass is 15.1. The number of rotatable bonds is 6. The van der Waals surface area contributed by atoms with E-state index in [2.05, 4.69) is 82.9 Å². The Bertz CT molecular complexity index is 729. The molecule has 0 unspecified atom stereocenters. The van der Waals surface area contributed by atoms with Gasteiger partial charge in [-0.05, 0) is 43.7 Å². The smallest absolute Gasteiger partial charge is 0.139 e. The van der Waals surface area contributed by atoms with Gasteiger partial charge in [-0.1, -0.05) is 30.3 Å². The lowest BCUT2D eigenvalue weighted by molar-refractivity contribution is 0.770. The molecule has 3 rings (SSSR count). The summed E-state index contributed by atoms with van der Waals surface area (Å²) < 4.78 is 2.16. The summed E-state index contributed by atoms with van der Waals surface area (Å²) >= 11 is 0. The molecule has 3 nitrogen and oxygen atoms in total. The molecule has 0 amide bonds. The lowest BCUT2D eigenvalue weighted by atomic mass is 10.1. The Kier molecular flexibility index (Phi) is 4.77. The third kappa shape index (κ3) is 3.45. The Hall–Kier alpha value is -2.55. The Morgan fingerprint density at radius 2 is 1.70 bits per heavy atom. The van der Waals surface area contributed by atoms with E-state index in [-0.39, 0.29) is 0 Å². The summed E-state index contributed by atoms with van der Waals surface area (Å²) in [7, 11) is 0. The molecule has 0 fully saturated rings. The second-order valence-corrected chi connectivity index (χ2v) is 5.58. The summed E-state index contributed by atoms with van der Waals surface area (Å²) in [6.45, 7) is 7.18. The molecular weight excluding hydrogens is 282 g/mol. The van der Waals surface area contributed by atoms with E-state index < -0.39 is 0 Å². The van der Waals surface area contributed by atoms with Gasteiger partial charge in [0.2, 0.25) is 0 Å². The van der Waals surface area contributed by atoms with Gasteiger partial charge in [-0.25, -0.2) is 4.98 Å². The van der Waals surface area contributed by atoms with Crippen LogP contribution in [0, 0.1) is 0 Å². The molecule has 0 aliphatic rings. The average molecular weight is 305 g/mol. The zero-order chi connectivity index (χ0) is 16.1. The summed E-state index contributed by atoms with van der Waals surface area (Å²) in [5, 5.41) is 0. The predicted molar refractivity (Wildman–Crippen MR) is 96.5 cm³/mol. The second kappa shape index (κ2) is 7.14. The molecule has 0 atom stereocenters. The largest absolute Gasteiger partial charge is 0.367 e. The van der Waals surface area contributed by atoms with Crippen LogP contribution in [0.15, 0.2) is 67.0 Å². The number of benzene rings is 2. The maximum absolute atomic E-state index is 4.47. The molecule has 1 aromatic heterocycles. The summed E-state index contributed by atoms with van der Waals surface area (Å²) in [5.74, 6) is 1.03. The van der Waals surface area contributed by atoms with E-state index >= 15 is 0 Å². The van der Waals surface area contributed by atoms with Crippen molar-refractivity contribution < 1.29 is 0 Å². The summed E-state index contributed by atoms with van der Waals surface area (Å²) in [5.41, 5.74) is 3.74. The zero-order valence-corrected chi connectivity index (χ0v) is 13.8. The van der Waals surface area contributed by atoms with Gasteiger partial charge in [0.05, 0.1) is 0 Å². The van der Waals surface area contributed by atoms with E-state index in [0.717, 1.165) is 31.0 Å². The van der Waals surface area contributed by atoms with Gasteiger partial charge in [0.15, 0.2) is 0 Å². The molecule has 118 valence electrons.